The fourth-order valence-corrected chi connectivity index (χ4v) is 1.50. The van der Waals surface area contributed by atoms with Gasteiger partial charge in [-0.15, -0.1) is 0 Å². The van der Waals surface area contributed by atoms with E-state index in [1.807, 2.05) is 6.07 Å². The number of ether oxygens (including phenoxy) is 1. The average Bonchev–Trinajstić information content (AvgIpc) is 2.40. The smallest absolute Gasteiger partial charge is 0.295 e. The lowest BCUT2D eigenvalue weighted by molar-refractivity contribution is -0.0557. The van der Waals surface area contributed by atoms with Gasteiger partial charge >= 0.3 is 0 Å². The van der Waals surface area contributed by atoms with Gasteiger partial charge in [-0.25, -0.2) is 0 Å². The highest BCUT2D eigenvalue weighted by Gasteiger charge is 2.30. The first-order valence-corrected chi connectivity index (χ1v) is 5.44. The molecule has 2 rings (SSSR count). The molecule has 0 aromatic heterocycles. The Bertz CT molecular complexity index is 512. The second-order valence-electron chi connectivity index (χ2n) is 3.81. The number of rotatable bonds is 4. The third-order valence-corrected chi connectivity index (χ3v) is 2.43. The van der Waals surface area contributed by atoms with Crippen LogP contribution in [-0.4, -0.2) is 11.7 Å². The lowest BCUT2D eigenvalue weighted by Crippen LogP contribution is -2.18. The predicted octanol–water partition coefficient (Wildman–Crippen LogP) is 3.56. The van der Waals surface area contributed by atoms with Crippen LogP contribution in [0.15, 0.2) is 54.6 Å². The Morgan fingerprint density at radius 2 is 1.61 bits per heavy atom. The first-order chi connectivity index (χ1) is 8.62. The number of hydrogen-bond donors (Lipinski definition) is 1. The number of aliphatic hydroxyl groups is 1. The van der Waals surface area contributed by atoms with E-state index in [0.29, 0.717) is 11.5 Å². The molecule has 2 aromatic rings. The molecule has 4 heteroatoms. The number of para-hydroxylation sites is 1. The van der Waals surface area contributed by atoms with Gasteiger partial charge < -0.3 is 9.84 Å². The fraction of sp³-hybridized carbons (Fsp3) is 0.143. The molecule has 0 heterocycles. The van der Waals surface area contributed by atoms with Gasteiger partial charge in [-0.3, -0.25) is 0 Å². The average molecular weight is 250 g/mol. The Balaban J connectivity index is 2.23. The van der Waals surface area contributed by atoms with Crippen LogP contribution in [0.5, 0.6) is 11.5 Å². The van der Waals surface area contributed by atoms with Crippen LogP contribution in [0.4, 0.5) is 8.78 Å². The van der Waals surface area contributed by atoms with E-state index in [1.165, 1.54) is 18.2 Å². The Morgan fingerprint density at radius 1 is 0.944 bits per heavy atom. The molecule has 0 spiro atoms. The van der Waals surface area contributed by atoms with Gasteiger partial charge in [-0.2, -0.15) is 8.78 Å². The molecule has 18 heavy (non-hydrogen) atoms. The van der Waals surface area contributed by atoms with Crippen molar-refractivity contribution in [2.75, 3.05) is 6.61 Å². The highest BCUT2D eigenvalue weighted by atomic mass is 19.3. The molecular weight excluding hydrogens is 238 g/mol. The summed E-state index contributed by atoms with van der Waals surface area (Å²) in [5.41, 5.74) is -0.265. The molecule has 0 atom stereocenters. The van der Waals surface area contributed by atoms with Crippen molar-refractivity contribution in [3.8, 4) is 11.5 Å². The quantitative estimate of drug-likeness (QED) is 0.899. The van der Waals surface area contributed by atoms with Gasteiger partial charge in [0, 0.05) is 5.56 Å². The van der Waals surface area contributed by atoms with Gasteiger partial charge in [-0.1, -0.05) is 30.3 Å². The van der Waals surface area contributed by atoms with Crippen molar-refractivity contribution in [1.29, 1.82) is 0 Å². The van der Waals surface area contributed by atoms with Crippen molar-refractivity contribution in [3.63, 3.8) is 0 Å². The molecule has 0 aliphatic rings. The molecule has 0 unspecified atom stereocenters. The summed E-state index contributed by atoms with van der Waals surface area (Å²) in [6.45, 7) is -1.22. The summed E-state index contributed by atoms with van der Waals surface area (Å²) in [4.78, 5) is 0. The normalized spacial score (nSPS) is 11.3. The maximum Gasteiger partial charge on any atom is 0.295 e. The molecule has 0 saturated heterocycles. The van der Waals surface area contributed by atoms with E-state index in [-0.39, 0.29) is 5.56 Å². The zero-order chi connectivity index (χ0) is 13.0. The minimum atomic E-state index is -3.25. The van der Waals surface area contributed by atoms with E-state index >= 15 is 0 Å². The maximum absolute atomic E-state index is 13.3. The maximum atomic E-state index is 13.3. The summed E-state index contributed by atoms with van der Waals surface area (Å²) in [5, 5.41) is 8.64. The molecule has 2 nitrogen and oxygen atoms in total. The molecule has 0 fully saturated rings. The van der Waals surface area contributed by atoms with E-state index in [4.69, 9.17) is 9.84 Å². The second-order valence-corrected chi connectivity index (χ2v) is 3.81. The monoisotopic (exact) mass is 250 g/mol. The largest absolute Gasteiger partial charge is 0.457 e. The van der Waals surface area contributed by atoms with Crippen LogP contribution < -0.4 is 4.74 Å². The van der Waals surface area contributed by atoms with E-state index in [1.54, 1.807) is 30.3 Å². The molecule has 1 N–H and O–H groups in total. The Morgan fingerprint density at radius 3 is 2.28 bits per heavy atom. The van der Waals surface area contributed by atoms with E-state index < -0.39 is 12.5 Å². The predicted molar refractivity (Wildman–Crippen MR) is 63.9 cm³/mol. The standard InChI is InChI=1S/C14H12F2O2/c15-14(16,10-17)11-5-4-8-13(9-11)18-12-6-2-1-3-7-12/h1-9,17H,10H2. The first-order valence-electron chi connectivity index (χ1n) is 5.44. The lowest BCUT2D eigenvalue weighted by atomic mass is 10.1. The van der Waals surface area contributed by atoms with Crippen molar-refractivity contribution in [2.45, 2.75) is 5.92 Å². The van der Waals surface area contributed by atoms with Crippen LogP contribution >= 0.6 is 0 Å². The van der Waals surface area contributed by atoms with Crippen LogP contribution in [0.3, 0.4) is 0 Å². The molecule has 0 aliphatic carbocycles. The number of benzene rings is 2. The van der Waals surface area contributed by atoms with Crippen molar-refractivity contribution < 1.29 is 18.6 Å². The Kier molecular flexibility index (Phi) is 3.58. The molecule has 0 saturated carbocycles. The minimum absolute atomic E-state index is 0.265. The van der Waals surface area contributed by atoms with Gasteiger partial charge in [0.25, 0.3) is 5.92 Å². The molecule has 2 aromatic carbocycles. The zero-order valence-corrected chi connectivity index (χ0v) is 9.51. The number of halogens is 2. The van der Waals surface area contributed by atoms with Gasteiger partial charge in [0.1, 0.15) is 18.1 Å². The highest BCUT2D eigenvalue weighted by Crippen LogP contribution is 2.31. The van der Waals surface area contributed by atoms with Crippen molar-refractivity contribution in [1.82, 2.24) is 0 Å². The zero-order valence-electron chi connectivity index (χ0n) is 9.51. The second kappa shape index (κ2) is 5.14. The van der Waals surface area contributed by atoms with Crippen molar-refractivity contribution in [3.05, 3.63) is 60.2 Å². The highest BCUT2D eigenvalue weighted by molar-refractivity contribution is 5.35. The third-order valence-electron chi connectivity index (χ3n) is 2.43. The van der Waals surface area contributed by atoms with Crippen molar-refractivity contribution >= 4 is 0 Å². The van der Waals surface area contributed by atoms with Gasteiger partial charge in [0.05, 0.1) is 0 Å². The van der Waals surface area contributed by atoms with Crippen LogP contribution in [0.1, 0.15) is 5.56 Å². The van der Waals surface area contributed by atoms with Crippen LogP contribution in [0.2, 0.25) is 0 Å². The lowest BCUT2D eigenvalue weighted by Gasteiger charge is -2.14. The van der Waals surface area contributed by atoms with Crippen LogP contribution in [0.25, 0.3) is 0 Å². The summed E-state index contributed by atoms with van der Waals surface area (Å²) in [7, 11) is 0. The first kappa shape index (κ1) is 12.5. The van der Waals surface area contributed by atoms with Crippen LogP contribution in [-0.2, 0) is 5.92 Å². The molecule has 0 radical (unpaired) electrons. The number of hydrogen-bond acceptors (Lipinski definition) is 2. The number of aliphatic hydroxyl groups excluding tert-OH is 1. The fourth-order valence-electron chi connectivity index (χ4n) is 1.50. The van der Waals surface area contributed by atoms with Gasteiger partial charge in [0.2, 0.25) is 0 Å². The number of alkyl halides is 2. The van der Waals surface area contributed by atoms with E-state index in [0.717, 1.165) is 0 Å². The molecular formula is C14H12F2O2. The van der Waals surface area contributed by atoms with E-state index in [9.17, 15) is 8.78 Å². The molecule has 94 valence electrons. The summed E-state index contributed by atoms with van der Waals surface area (Å²) in [5.74, 6) is -2.37. The summed E-state index contributed by atoms with van der Waals surface area (Å²) in [6.07, 6.45) is 0. The summed E-state index contributed by atoms with van der Waals surface area (Å²) < 4.78 is 32.0. The minimum Gasteiger partial charge on any atom is -0.457 e. The topological polar surface area (TPSA) is 29.5 Å². The SMILES string of the molecule is OCC(F)(F)c1cccc(Oc2ccccc2)c1. The Labute approximate surface area is 103 Å². The summed E-state index contributed by atoms with van der Waals surface area (Å²) >= 11 is 0. The van der Waals surface area contributed by atoms with E-state index in [2.05, 4.69) is 0 Å². The third kappa shape index (κ3) is 2.84. The molecule has 0 aliphatic heterocycles. The Hall–Kier alpha value is -1.94. The molecule has 0 bridgehead atoms. The van der Waals surface area contributed by atoms with Crippen LogP contribution in [0, 0.1) is 0 Å². The van der Waals surface area contributed by atoms with Gasteiger partial charge in [0.15, 0.2) is 0 Å². The summed E-state index contributed by atoms with van der Waals surface area (Å²) in [6, 6.07) is 14.4. The van der Waals surface area contributed by atoms with Gasteiger partial charge in [-0.05, 0) is 24.3 Å². The molecule has 0 amide bonds. The van der Waals surface area contributed by atoms with Crippen molar-refractivity contribution in [2.24, 2.45) is 0 Å².